The highest BCUT2D eigenvalue weighted by molar-refractivity contribution is 6.33. The van der Waals surface area contributed by atoms with Gasteiger partial charge in [-0.1, -0.05) is 41.9 Å². The number of halogens is 1. The Balaban J connectivity index is 1.65. The van der Waals surface area contributed by atoms with Crippen LogP contribution < -0.4 is 4.90 Å². The number of hydrogen-bond acceptors (Lipinski definition) is 4. The fraction of sp³-hybridized carbons (Fsp3) is 0.118. The molecule has 1 aromatic heterocycles. The lowest BCUT2D eigenvalue weighted by Crippen LogP contribution is -2.29. The Hall–Kier alpha value is -2.66. The molecule has 23 heavy (non-hydrogen) atoms. The monoisotopic (exact) mass is 325 g/mol. The Kier molecular flexibility index (Phi) is 3.35. The quantitative estimate of drug-likeness (QED) is 0.722. The second kappa shape index (κ2) is 5.52. The lowest BCUT2D eigenvalue weighted by Gasteiger charge is -2.14. The number of carbonyl (C=O) groups excluding carboxylic acids is 1. The van der Waals surface area contributed by atoms with Crippen LogP contribution in [-0.2, 0) is 6.42 Å². The molecule has 0 spiro atoms. The maximum absolute atomic E-state index is 12.6. The Morgan fingerprint density at radius 3 is 2.74 bits per heavy atom. The number of hydrogen-bond donors (Lipinski definition) is 0. The van der Waals surface area contributed by atoms with Crippen molar-refractivity contribution in [3.63, 3.8) is 0 Å². The molecule has 1 aliphatic rings. The molecule has 1 aliphatic heterocycles. The Labute approximate surface area is 137 Å². The van der Waals surface area contributed by atoms with E-state index in [2.05, 4.69) is 10.2 Å². The van der Waals surface area contributed by atoms with Crippen LogP contribution >= 0.6 is 11.6 Å². The van der Waals surface area contributed by atoms with Crippen molar-refractivity contribution in [1.29, 1.82) is 0 Å². The van der Waals surface area contributed by atoms with Gasteiger partial charge in [-0.3, -0.25) is 4.79 Å². The first-order chi connectivity index (χ1) is 11.2. The Bertz CT molecular complexity index is 891. The van der Waals surface area contributed by atoms with Crippen LogP contribution in [0.1, 0.15) is 16.2 Å². The molecule has 0 N–H and O–H groups in total. The molecular weight excluding hydrogens is 314 g/mol. The first-order valence-electron chi connectivity index (χ1n) is 7.22. The maximum atomic E-state index is 12.6. The first-order valence-corrected chi connectivity index (χ1v) is 7.60. The van der Waals surface area contributed by atoms with E-state index in [1.807, 2.05) is 36.4 Å². The van der Waals surface area contributed by atoms with Gasteiger partial charge in [-0.25, -0.2) is 0 Å². The highest BCUT2D eigenvalue weighted by Crippen LogP contribution is 2.30. The summed E-state index contributed by atoms with van der Waals surface area (Å²) in [4.78, 5) is 14.3. The van der Waals surface area contributed by atoms with E-state index in [4.69, 9.17) is 16.0 Å². The average molecular weight is 326 g/mol. The van der Waals surface area contributed by atoms with Crippen LogP contribution in [0.3, 0.4) is 0 Å². The number of anilines is 1. The molecule has 0 radical (unpaired) electrons. The zero-order valence-corrected chi connectivity index (χ0v) is 12.8. The van der Waals surface area contributed by atoms with Gasteiger partial charge in [0.25, 0.3) is 0 Å². The van der Waals surface area contributed by atoms with E-state index in [1.54, 1.807) is 17.0 Å². The summed E-state index contributed by atoms with van der Waals surface area (Å²) in [7, 11) is 0. The molecule has 0 aliphatic carbocycles. The minimum Gasteiger partial charge on any atom is -0.412 e. The second-order valence-electron chi connectivity index (χ2n) is 5.23. The lowest BCUT2D eigenvalue weighted by molar-refractivity contribution is 0.0956. The average Bonchev–Trinajstić information content (AvgIpc) is 3.22. The first kappa shape index (κ1) is 14.0. The Morgan fingerprint density at radius 1 is 1.09 bits per heavy atom. The third-order valence-electron chi connectivity index (χ3n) is 3.84. The van der Waals surface area contributed by atoms with Crippen molar-refractivity contribution in [2.24, 2.45) is 0 Å². The number of amides is 1. The maximum Gasteiger partial charge on any atom is 0.315 e. The molecule has 4 rings (SSSR count). The standard InChI is InChI=1S/C17H12ClN3O2/c18-13-7-3-2-6-12(13)15-19-20-16(23-15)17(22)21-10-9-11-5-1-4-8-14(11)21/h1-8H,9-10H2. The van der Waals surface area contributed by atoms with Crippen molar-refractivity contribution in [2.75, 3.05) is 11.4 Å². The molecule has 5 nitrogen and oxygen atoms in total. The van der Waals surface area contributed by atoms with Crippen molar-refractivity contribution < 1.29 is 9.21 Å². The van der Waals surface area contributed by atoms with Crippen molar-refractivity contribution in [3.05, 3.63) is 65.0 Å². The fourth-order valence-electron chi connectivity index (χ4n) is 2.72. The van der Waals surface area contributed by atoms with Crippen LogP contribution in [-0.4, -0.2) is 22.6 Å². The largest absolute Gasteiger partial charge is 0.412 e. The van der Waals surface area contributed by atoms with Gasteiger partial charge in [-0.15, -0.1) is 10.2 Å². The highest BCUT2D eigenvalue weighted by Gasteiger charge is 2.29. The normalized spacial score (nSPS) is 13.2. The molecule has 2 heterocycles. The van der Waals surface area contributed by atoms with Gasteiger partial charge in [0.2, 0.25) is 5.89 Å². The number of benzene rings is 2. The summed E-state index contributed by atoms with van der Waals surface area (Å²) in [6.45, 7) is 0.613. The van der Waals surface area contributed by atoms with Crippen molar-refractivity contribution in [2.45, 2.75) is 6.42 Å². The van der Waals surface area contributed by atoms with Crippen LogP contribution in [0.15, 0.2) is 52.9 Å². The topological polar surface area (TPSA) is 59.2 Å². The molecule has 6 heteroatoms. The molecule has 0 fully saturated rings. The lowest BCUT2D eigenvalue weighted by atomic mass is 10.2. The van der Waals surface area contributed by atoms with Gasteiger partial charge in [0.1, 0.15) is 0 Å². The molecule has 1 amide bonds. The van der Waals surface area contributed by atoms with E-state index in [-0.39, 0.29) is 17.7 Å². The number of aromatic nitrogens is 2. The summed E-state index contributed by atoms with van der Waals surface area (Å²) in [5.41, 5.74) is 2.66. The van der Waals surface area contributed by atoms with Crippen LogP contribution in [0.25, 0.3) is 11.5 Å². The SMILES string of the molecule is O=C(c1nnc(-c2ccccc2Cl)o1)N1CCc2ccccc21. The molecule has 0 atom stereocenters. The summed E-state index contributed by atoms with van der Waals surface area (Å²) >= 11 is 6.12. The zero-order valence-electron chi connectivity index (χ0n) is 12.1. The summed E-state index contributed by atoms with van der Waals surface area (Å²) < 4.78 is 5.54. The van der Waals surface area contributed by atoms with Gasteiger partial charge in [0.15, 0.2) is 0 Å². The van der Waals surface area contributed by atoms with Gasteiger partial charge in [0.05, 0.1) is 10.6 Å². The number of carbonyl (C=O) groups is 1. The van der Waals surface area contributed by atoms with E-state index < -0.39 is 0 Å². The number of fused-ring (bicyclic) bond motifs is 1. The van der Waals surface area contributed by atoms with Crippen LogP contribution in [0.5, 0.6) is 0 Å². The smallest absolute Gasteiger partial charge is 0.315 e. The fourth-order valence-corrected chi connectivity index (χ4v) is 2.93. The predicted molar refractivity (Wildman–Crippen MR) is 86.6 cm³/mol. The number of para-hydroxylation sites is 1. The molecule has 0 bridgehead atoms. The predicted octanol–water partition coefficient (Wildman–Crippen LogP) is 3.59. The van der Waals surface area contributed by atoms with Crippen molar-refractivity contribution >= 4 is 23.2 Å². The van der Waals surface area contributed by atoms with E-state index in [9.17, 15) is 4.79 Å². The third-order valence-corrected chi connectivity index (χ3v) is 4.17. The van der Waals surface area contributed by atoms with Gasteiger partial charge >= 0.3 is 11.8 Å². The minimum absolute atomic E-state index is 0.0309. The molecule has 0 saturated carbocycles. The summed E-state index contributed by atoms with van der Waals surface area (Å²) in [5.74, 6) is -0.0798. The van der Waals surface area contributed by atoms with E-state index in [0.717, 1.165) is 17.7 Å². The van der Waals surface area contributed by atoms with Crippen molar-refractivity contribution in [3.8, 4) is 11.5 Å². The van der Waals surface area contributed by atoms with Gasteiger partial charge in [0, 0.05) is 12.2 Å². The Morgan fingerprint density at radius 2 is 1.87 bits per heavy atom. The third kappa shape index (κ3) is 2.39. The van der Waals surface area contributed by atoms with E-state index in [0.29, 0.717) is 17.1 Å². The molecule has 2 aromatic carbocycles. The van der Waals surface area contributed by atoms with Gasteiger partial charge in [-0.05, 0) is 30.2 Å². The molecule has 3 aromatic rings. The number of rotatable bonds is 2. The molecule has 114 valence electrons. The highest BCUT2D eigenvalue weighted by atomic mass is 35.5. The van der Waals surface area contributed by atoms with E-state index >= 15 is 0 Å². The summed E-state index contributed by atoms with van der Waals surface area (Å²) in [6.07, 6.45) is 0.827. The second-order valence-corrected chi connectivity index (χ2v) is 5.63. The summed E-state index contributed by atoms with van der Waals surface area (Å²) in [5, 5.41) is 8.33. The number of nitrogens with zero attached hydrogens (tertiary/aromatic N) is 3. The molecular formula is C17H12ClN3O2. The van der Waals surface area contributed by atoms with Gasteiger partial charge in [-0.2, -0.15) is 0 Å². The van der Waals surface area contributed by atoms with Crippen molar-refractivity contribution in [1.82, 2.24) is 10.2 Å². The van der Waals surface area contributed by atoms with Gasteiger partial charge < -0.3 is 9.32 Å². The minimum atomic E-state index is -0.291. The van der Waals surface area contributed by atoms with Crippen LogP contribution in [0.2, 0.25) is 5.02 Å². The van der Waals surface area contributed by atoms with E-state index in [1.165, 1.54) is 0 Å². The van der Waals surface area contributed by atoms with Crippen LogP contribution in [0.4, 0.5) is 5.69 Å². The molecule has 0 saturated heterocycles. The summed E-state index contributed by atoms with van der Waals surface area (Å²) in [6, 6.07) is 15.0. The zero-order chi connectivity index (χ0) is 15.8. The van der Waals surface area contributed by atoms with Crippen LogP contribution in [0, 0.1) is 0 Å². The molecule has 0 unspecified atom stereocenters.